The predicted molar refractivity (Wildman–Crippen MR) is 132 cm³/mol. The molecule has 0 radical (unpaired) electrons. The van der Waals surface area contributed by atoms with E-state index in [1.165, 1.54) is 28.8 Å². The minimum atomic E-state index is -3.17. The molecule has 2 N–H and O–H groups in total. The molecule has 3 heterocycles. The highest BCUT2D eigenvalue weighted by atomic mass is 32.2. The Labute approximate surface area is 207 Å². The zero-order valence-corrected chi connectivity index (χ0v) is 21.5. The molecule has 2 aromatic heterocycles. The number of carbonyl (C=O) groups is 1. The first-order chi connectivity index (χ1) is 16.7. The fourth-order valence-electron chi connectivity index (χ4n) is 4.44. The van der Waals surface area contributed by atoms with Gasteiger partial charge in [-0.15, -0.1) is 0 Å². The van der Waals surface area contributed by atoms with Crippen LogP contribution < -0.4 is 15.7 Å². The Kier molecular flexibility index (Phi) is 6.24. The molecule has 12 heteroatoms. The number of carbonyl (C=O) groups excluding carboxylic acids is 1. The first-order valence-electron chi connectivity index (χ1n) is 11.5. The van der Waals surface area contributed by atoms with Gasteiger partial charge in [-0.1, -0.05) is 0 Å². The summed E-state index contributed by atoms with van der Waals surface area (Å²) in [6.45, 7) is 8.43. The molecule has 4 rings (SSSR count). The third kappa shape index (κ3) is 4.62. The Balaban J connectivity index is 1.89. The van der Waals surface area contributed by atoms with Gasteiger partial charge in [-0.25, -0.2) is 22.6 Å². The molecule has 1 unspecified atom stereocenters. The minimum Gasteiger partial charge on any atom is -0.478 e. The summed E-state index contributed by atoms with van der Waals surface area (Å²) in [4.78, 5) is 30.5. The lowest BCUT2D eigenvalue weighted by molar-refractivity contribution is 0.0307. The lowest BCUT2D eigenvalue weighted by atomic mass is 10.0. The Morgan fingerprint density at radius 1 is 1.31 bits per heavy atom. The summed E-state index contributed by atoms with van der Waals surface area (Å²) in [5.41, 5.74) is -2.14. The molecule has 1 aliphatic rings. The zero-order chi connectivity index (χ0) is 26.6. The van der Waals surface area contributed by atoms with Crippen LogP contribution in [0.2, 0.25) is 0 Å². The SMILES string of the molecule is CCOc1cc(-n2c(=O)n(C(C)C(C)(C)O)c3cc(C(=O)NC4(C)CS(=O)(=O)C4)ccc32)c(F)cn1. The van der Waals surface area contributed by atoms with E-state index in [-0.39, 0.29) is 28.6 Å². The van der Waals surface area contributed by atoms with E-state index in [1.807, 2.05) is 0 Å². The number of imidazole rings is 1. The van der Waals surface area contributed by atoms with Crippen LogP contribution in [-0.4, -0.2) is 62.8 Å². The van der Waals surface area contributed by atoms with Crippen LogP contribution in [-0.2, 0) is 9.84 Å². The van der Waals surface area contributed by atoms with Crippen molar-refractivity contribution in [1.82, 2.24) is 19.4 Å². The van der Waals surface area contributed by atoms with Gasteiger partial charge in [-0.05, 0) is 52.8 Å². The van der Waals surface area contributed by atoms with Gasteiger partial charge in [0.05, 0.1) is 58.2 Å². The first kappa shape index (κ1) is 25.8. The number of aromatic nitrogens is 3. The van der Waals surface area contributed by atoms with Crippen molar-refractivity contribution in [1.29, 1.82) is 0 Å². The molecule has 1 aromatic carbocycles. The maximum Gasteiger partial charge on any atom is 0.334 e. The summed E-state index contributed by atoms with van der Waals surface area (Å²) in [5.74, 6) is -1.44. The van der Waals surface area contributed by atoms with E-state index >= 15 is 0 Å². The molecular formula is C24H29FN4O6S. The number of nitrogens with one attached hydrogen (secondary N) is 1. The molecule has 10 nitrogen and oxygen atoms in total. The normalized spacial score (nSPS) is 17.4. The maximum atomic E-state index is 14.9. The van der Waals surface area contributed by atoms with Crippen molar-refractivity contribution in [2.24, 2.45) is 0 Å². The van der Waals surface area contributed by atoms with E-state index in [1.54, 1.807) is 34.6 Å². The van der Waals surface area contributed by atoms with E-state index in [4.69, 9.17) is 4.74 Å². The van der Waals surface area contributed by atoms with Gasteiger partial charge in [0.2, 0.25) is 5.88 Å². The minimum absolute atomic E-state index is 0.0884. The third-order valence-electron chi connectivity index (χ3n) is 6.38. The van der Waals surface area contributed by atoms with Crippen molar-refractivity contribution >= 4 is 26.8 Å². The fourth-order valence-corrected chi connectivity index (χ4v) is 6.44. The van der Waals surface area contributed by atoms with Crippen LogP contribution in [0, 0.1) is 5.82 Å². The van der Waals surface area contributed by atoms with Crippen molar-refractivity contribution in [3.63, 3.8) is 0 Å². The smallest absolute Gasteiger partial charge is 0.334 e. The second-order valence-corrected chi connectivity index (χ2v) is 12.0. The molecule has 0 spiro atoms. The number of ether oxygens (including phenoxy) is 1. The van der Waals surface area contributed by atoms with Gasteiger partial charge in [-0.2, -0.15) is 0 Å². The number of hydrogen-bond donors (Lipinski definition) is 2. The van der Waals surface area contributed by atoms with Gasteiger partial charge in [0.1, 0.15) is 0 Å². The zero-order valence-electron chi connectivity index (χ0n) is 20.7. The largest absolute Gasteiger partial charge is 0.478 e. The van der Waals surface area contributed by atoms with Crippen molar-refractivity contribution in [3.05, 3.63) is 52.3 Å². The van der Waals surface area contributed by atoms with E-state index in [9.17, 15) is 27.5 Å². The summed E-state index contributed by atoms with van der Waals surface area (Å²) < 4.78 is 46.0. The second-order valence-electron chi connectivity index (χ2n) is 9.98. The topological polar surface area (TPSA) is 133 Å². The summed E-state index contributed by atoms with van der Waals surface area (Å²) in [7, 11) is -3.17. The Bertz CT molecular complexity index is 1510. The molecule has 1 atom stereocenters. The molecule has 3 aromatic rings. The molecular weight excluding hydrogens is 491 g/mol. The molecule has 1 saturated heterocycles. The number of sulfone groups is 1. The lowest BCUT2D eigenvalue weighted by Gasteiger charge is -2.38. The molecule has 194 valence electrons. The van der Waals surface area contributed by atoms with E-state index < -0.39 is 44.4 Å². The van der Waals surface area contributed by atoms with Crippen LogP contribution in [0.1, 0.15) is 51.0 Å². The number of fused-ring (bicyclic) bond motifs is 1. The Hall–Kier alpha value is -3.25. The summed E-state index contributed by atoms with van der Waals surface area (Å²) >= 11 is 0. The van der Waals surface area contributed by atoms with Crippen molar-refractivity contribution in [2.45, 2.75) is 51.8 Å². The highest BCUT2D eigenvalue weighted by Gasteiger charge is 2.45. The second kappa shape index (κ2) is 8.70. The van der Waals surface area contributed by atoms with E-state index in [2.05, 4.69) is 10.3 Å². The average Bonchev–Trinajstić information content (AvgIpc) is 3.03. The molecule has 0 bridgehead atoms. The Morgan fingerprint density at radius 3 is 2.56 bits per heavy atom. The quantitative estimate of drug-likeness (QED) is 0.487. The van der Waals surface area contributed by atoms with Crippen molar-refractivity contribution in [2.75, 3.05) is 18.1 Å². The molecule has 1 fully saturated rings. The number of benzene rings is 1. The lowest BCUT2D eigenvalue weighted by Crippen LogP contribution is -2.63. The van der Waals surface area contributed by atoms with Crippen molar-refractivity contribution < 1.29 is 27.4 Å². The van der Waals surface area contributed by atoms with Crippen molar-refractivity contribution in [3.8, 4) is 11.6 Å². The monoisotopic (exact) mass is 520 g/mol. The van der Waals surface area contributed by atoms with Gasteiger partial charge in [0.15, 0.2) is 15.7 Å². The maximum absolute atomic E-state index is 14.9. The van der Waals surface area contributed by atoms with Crippen LogP contribution in [0.25, 0.3) is 16.7 Å². The van der Waals surface area contributed by atoms with Gasteiger partial charge in [-0.3, -0.25) is 13.9 Å². The summed E-state index contributed by atoms with van der Waals surface area (Å²) in [6.07, 6.45) is 0.963. The number of pyridine rings is 1. The van der Waals surface area contributed by atoms with Gasteiger partial charge < -0.3 is 15.2 Å². The molecule has 36 heavy (non-hydrogen) atoms. The molecule has 0 saturated carbocycles. The molecule has 1 aliphatic heterocycles. The molecule has 0 aliphatic carbocycles. The highest BCUT2D eigenvalue weighted by Crippen LogP contribution is 2.29. The fraction of sp³-hybridized carbons (Fsp3) is 0.458. The predicted octanol–water partition coefficient (Wildman–Crippen LogP) is 1.97. The number of nitrogens with zero attached hydrogens (tertiary/aromatic N) is 3. The average molecular weight is 521 g/mol. The number of rotatable bonds is 7. The summed E-state index contributed by atoms with van der Waals surface area (Å²) in [6, 6.07) is 5.03. The van der Waals surface area contributed by atoms with Crippen LogP contribution in [0.5, 0.6) is 5.88 Å². The number of hydrogen-bond acceptors (Lipinski definition) is 7. The van der Waals surface area contributed by atoms with Gasteiger partial charge >= 0.3 is 5.69 Å². The third-order valence-corrected chi connectivity index (χ3v) is 8.53. The van der Waals surface area contributed by atoms with Gasteiger partial charge in [0.25, 0.3) is 5.91 Å². The van der Waals surface area contributed by atoms with Crippen LogP contribution >= 0.6 is 0 Å². The Morgan fingerprint density at radius 2 is 1.97 bits per heavy atom. The summed E-state index contributed by atoms with van der Waals surface area (Å²) in [5, 5.41) is 13.4. The van der Waals surface area contributed by atoms with E-state index in [0.29, 0.717) is 17.6 Å². The van der Waals surface area contributed by atoms with Crippen LogP contribution in [0.15, 0.2) is 35.3 Å². The van der Waals surface area contributed by atoms with Gasteiger partial charge in [0, 0.05) is 11.6 Å². The highest BCUT2D eigenvalue weighted by molar-refractivity contribution is 7.93. The molecule has 1 amide bonds. The van der Waals surface area contributed by atoms with E-state index in [0.717, 1.165) is 10.8 Å². The van der Waals surface area contributed by atoms with Crippen LogP contribution in [0.4, 0.5) is 4.39 Å². The first-order valence-corrected chi connectivity index (χ1v) is 13.3. The number of aliphatic hydroxyl groups is 1. The van der Waals surface area contributed by atoms with Crippen LogP contribution in [0.3, 0.4) is 0 Å². The number of halogens is 1. The number of amides is 1. The standard InChI is InChI=1S/C24H29FN4O6S/c1-6-35-20-10-18(16(25)11-26-20)29-17-8-7-15(21(30)27-24(5)12-36(33,34)13-24)9-19(17)28(22(29)31)14(2)23(3,4)32/h7-11,14,32H,6,12-13H2,1-5H3,(H,27,30).